The van der Waals surface area contributed by atoms with Crippen LogP contribution in [0.15, 0.2) is 36.7 Å². The second-order valence-corrected chi connectivity index (χ2v) is 17.6. The Morgan fingerprint density at radius 3 is 2.46 bits per heavy atom. The van der Waals surface area contributed by atoms with E-state index in [1.54, 1.807) is 0 Å². The van der Waals surface area contributed by atoms with E-state index in [1.807, 2.05) is 29.1 Å². The Labute approximate surface area is 277 Å². The summed E-state index contributed by atoms with van der Waals surface area (Å²) in [5.74, 6) is 2.68. The van der Waals surface area contributed by atoms with Gasteiger partial charge in [0.05, 0.1) is 6.54 Å². The van der Waals surface area contributed by atoms with Crippen molar-refractivity contribution in [2.24, 2.45) is 62.4 Å². The van der Waals surface area contributed by atoms with Crippen molar-refractivity contribution in [1.29, 1.82) is 0 Å². The van der Waals surface area contributed by atoms with Gasteiger partial charge in [0.25, 0.3) is 0 Å². The van der Waals surface area contributed by atoms with E-state index in [1.165, 1.54) is 44.1 Å². The van der Waals surface area contributed by atoms with Crippen LogP contribution in [-0.2, 0) is 22.6 Å². The molecule has 1 aromatic heterocycles. The molecule has 0 aliphatic heterocycles. The van der Waals surface area contributed by atoms with E-state index >= 15 is 0 Å². The summed E-state index contributed by atoms with van der Waals surface area (Å²) in [5, 5.41) is 13.4. The molecule has 5 fully saturated rings. The summed E-state index contributed by atoms with van der Waals surface area (Å²) in [5.41, 5.74) is 8.12. The maximum atomic E-state index is 13.3. The zero-order chi connectivity index (χ0) is 33.3. The Morgan fingerprint density at radius 2 is 1.76 bits per heavy atom. The number of urea groups is 1. The highest BCUT2D eigenvalue weighted by Gasteiger charge is 2.71. The number of primary amides is 1. The first-order valence-corrected chi connectivity index (χ1v) is 18.1. The van der Waals surface area contributed by atoms with Gasteiger partial charge in [-0.2, -0.15) is 4.57 Å². The normalized spacial score (nSPS) is 42.5. The maximum Gasteiger partial charge on any atom is 0.372 e. The summed E-state index contributed by atoms with van der Waals surface area (Å²) in [7, 11) is 0. The molecule has 1 heterocycles. The molecule has 0 spiro atoms. The average Bonchev–Trinajstić information content (AvgIpc) is 3.39. The number of nitrogens with two attached hydrogens (primary N) is 1. The van der Waals surface area contributed by atoms with Gasteiger partial charge in [-0.3, -0.25) is 0 Å². The molecule has 5 saturated carbocycles. The molecule has 46 heavy (non-hydrogen) atoms. The summed E-state index contributed by atoms with van der Waals surface area (Å²) >= 11 is 0. The molecule has 4 N–H and O–H groups in total. The smallest absolute Gasteiger partial charge is 0.372 e. The van der Waals surface area contributed by atoms with Crippen molar-refractivity contribution < 1.29 is 24.0 Å². The lowest BCUT2D eigenvalue weighted by Crippen LogP contribution is -2.67. The molecule has 2 amide bonds. The van der Waals surface area contributed by atoms with Crippen molar-refractivity contribution in [3.63, 3.8) is 0 Å². The molecular formula is C39H60N3O4+. The van der Waals surface area contributed by atoms with Crippen molar-refractivity contribution >= 4 is 12.0 Å². The van der Waals surface area contributed by atoms with Crippen LogP contribution in [0.3, 0.4) is 0 Å². The van der Waals surface area contributed by atoms with Crippen molar-refractivity contribution in [1.82, 2.24) is 5.32 Å². The number of ether oxygens (including phenoxy) is 1. The van der Waals surface area contributed by atoms with Crippen LogP contribution >= 0.6 is 0 Å². The van der Waals surface area contributed by atoms with Gasteiger partial charge in [0, 0.05) is 23.7 Å². The van der Waals surface area contributed by atoms with Crippen LogP contribution < -0.4 is 15.6 Å². The lowest BCUT2D eigenvalue weighted by atomic mass is 9.32. The minimum Gasteiger partial charge on any atom is -0.457 e. The number of esters is 1. The van der Waals surface area contributed by atoms with E-state index in [2.05, 4.69) is 53.4 Å². The van der Waals surface area contributed by atoms with Gasteiger partial charge in [0.15, 0.2) is 12.4 Å². The standard InChI is InChI=1S/C39H59N3O4/c1-25(2)27-12-17-39(24-43)19-18-37(6)28(33(27)39)10-11-30-36(5)15-14-31(35(3,4)29(36)13-16-38(30,37)7)46-32(44)23-42-20-8-9-26(22-42)21-41-34(40)45/h8-9,20,22,27-31,33,43H,1,10-19,21,23-24H2,2-7H3,(H2-,40,41,45)/p+1/t27?,28?,29?,30?,31-,33?,36-,37+,38+,39+/m0/s1. The molecule has 6 rings (SSSR count). The molecule has 5 unspecified atom stereocenters. The SMILES string of the molecule is C=C(C)C1CC[C@]2(CO)CC[C@]3(C)C(CCC4[C@@]5(C)CC[C@H](OC(=O)C[n+]6cccc(CNC(N)=O)c6)C(C)(C)C5CC[C@]43C)C12. The number of aliphatic hydroxyl groups excluding tert-OH is 1. The number of allylic oxidation sites excluding steroid dienone is 1. The lowest BCUT2D eigenvalue weighted by molar-refractivity contribution is -0.686. The van der Waals surface area contributed by atoms with Gasteiger partial charge >= 0.3 is 12.0 Å². The van der Waals surface area contributed by atoms with Crippen LogP contribution in [0.5, 0.6) is 0 Å². The molecule has 254 valence electrons. The molecule has 1 aromatic rings. The largest absolute Gasteiger partial charge is 0.457 e. The van der Waals surface area contributed by atoms with E-state index in [9.17, 15) is 14.7 Å². The highest BCUT2D eigenvalue weighted by Crippen LogP contribution is 2.77. The number of amides is 2. The fraction of sp³-hybridized carbons (Fsp3) is 0.769. The molecule has 7 heteroatoms. The first-order valence-electron chi connectivity index (χ1n) is 18.1. The number of pyridine rings is 1. The Hall–Kier alpha value is -2.41. The van der Waals surface area contributed by atoms with Crippen molar-refractivity contribution in [2.45, 2.75) is 125 Å². The predicted octanol–water partition coefficient (Wildman–Crippen LogP) is 6.70. The van der Waals surface area contributed by atoms with Crippen LogP contribution in [0, 0.1) is 56.7 Å². The molecule has 0 bridgehead atoms. The van der Waals surface area contributed by atoms with Crippen molar-refractivity contribution in [3.8, 4) is 0 Å². The summed E-state index contributed by atoms with van der Waals surface area (Å²) in [6.07, 6.45) is 15.3. The van der Waals surface area contributed by atoms with Gasteiger partial charge in [-0.05, 0) is 128 Å². The number of carbonyl (C=O) groups excluding carboxylic acids is 2. The Balaban J connectivity index is 1.19. The number of aromatic nitrogens is 1. The van der Waals surface area contributed by atoms with Crippen molar-refractivity contribution in [2.75, 3.05) is 6.61 Å². The number of carbonyl (C=O) groups is 2. The van der Waals surface area contributed by atoms with Crippen molar-refractivity contribution in [3.05, 3.63) is 42.2 Å². The number of aliphatic hydroxyl groups is 1. The predicted molar refractivity (Wildman–Crippen MR) is 179 cm³/mol. The monoisotopic (exact) mass is 634 g/mol. The van der Waals surface area contributed by atoms with Gasteiger partial charge in [-0.25, -0.2) is 9.59 Å². The van der Waals surface area contributed by atoms with Crippen LogP contribution in [0.25, 0.3) is 0 Å². The van der Waals surface area contributed by atoms with Crippen LogP contribution in [-0.4, -0.2) is 29.8 Å². The van der Waals surface area contributed by atoms with Crippen LogP contribution in [0.4, 0.5) is 4.79 Å². The summed E-state index contributed by atoms with van der Waals surface area (Å²) in [6, 6.07) is 3.20. The number of nitrogens with one attached hydrogen (secondary N) is 1. The molecule has 5 aliphatic carbocycles. The summed E-state index contributed by atoms with van der Waals surface area (Å²) in [6.45, 7) is 20.1. The van der Waals surface area contributed by atoms with Crippen LogP contribution in [0.1, 0.15) is 111 Å². The number of rotatable bonds is 7. The third-order valence-electron chi connectivity index (χ3n) is 15.5. The van der Waals surface area contributed by atoms with Crippen LogP contribution in [0.2, 0.25) is 0 Å². The zero-order valence-electron chi connectivity index (χ0n) is 29.4. The van der Waals surface area contributed by atoms with Gasteiger partial charge in [0.1, 0.15) is 6.10 Å². The molecule has 0 aromatic carbocycles. The first-order chi connectivity index (χ1) is 21.6. The summed E-state index contributed by atoms with van der Waals surface area (Å²) in [4.78, 5) is 24.5. The molecule has 5 aliphatic rings. The van der Waals surface area contributed by atoms with E-state index in [0.717, 1.165) is 31.2 Å². The Kier molecular flexibility index (Phi) is 8.47. The number of fused-ring (bicyclic) bond motifs is 7. The minimum absolute atomic E-state index is 0.0853. The fourth-order valence-corrected chi connectivity index (χ4v) is 13.1. The van der Waals surface area contributed by atoms with Gasteiger partial charge in [-0.1, -0.05) is 46.8 Å². The molecule has 7 nitrogen and oxygen atoms in total. The summed E-state index contributed by atoms with van der Waals surface area (Å²) < 4.78 is 8.16. The Bertz CT molecular complexity index is 1380. The third-order valence-corrected chi connectivity index (χ3v) is 15.5. The third kappa shape index (κ3) is 5.04. The van der Waals surface area contributed by atoms with Gasteiger partial charge in [0.2, 0.25) is 6.54 Å². The number of hydrogen-bond donors (Lipinski definition) is 3. The molecule has 10 atom stereocenters. The number of nitrogens with zero attached hydrogens (tertiary/aromatic N) is 1. The molecule has 0 saturated heterocycles. The average molecular weight is 635 g/mol. The molecular weight excluding hydrogens is 574 g/mol. The van der Waals surface area contributed by atoms with E-state index in [0.29, 0.717) is 42.7 Å². The maximum absolute atomic E-state index is 13.3. The van der Waals surface area contributed by atoms with E-state index in [4.69, 9.17) is 10.5 Å². The Morgan fingerprint density at radius 1 is 1.00 bits per heavy atom. The lowest BCUT2D eigenvalue weighted by Gasteiger charge is -2.73. The van der Waals surface area contributed by atoms with E-state index < -0.39 is 6.03 Å². The zero-order valence-corrected chi connectivity index (χ0v) is 29.4. The highest BCUT2D eigenvalue weighted by molar-refractivity contribution is 5.71. The first kappa shape index (κ1) is 33.5. The molecule has 0 radical (unpaired) electrons. The second kappa shape index (κ2) is 11.6. The van der Waals surface area contributed by atoms with E-state index in [-0.39, 0.29) is 45.7 Å². The minimum atomic E-state index is -0.570. The second-order valence-electron chi connectivity index (χ2n) is 17.6. The number of hydrogen-bond acceptors (Lipinski definition) is 4. The highest BCUT2D eigenvalue weighted by atomic mass is 16.5. The fourth-order valence-electron chi connectivity index (χ4n) is 13.1. The van der Waals surface area contributed by atoms with Gasteiger partial charge < -0.3 is 20.9 Å². The van der Waals surface area contributed by atoms with Gasteiger partial charge in [-0.15, -0.1) is 0 Å². The topological polar surface area (TPSA) is 106 Å². The quantitative estimate of drug-likeness (QED) is 0.176.